The number of hydrogen-bond donors (Lipinski definition) is 0. The fourth-order valence-electron chi connectivity index (χ4n) is 1.82. The van der Waals surface area contributed by atoms with Crippen molar-refractivity contribution in [3.63, 3.8) is 0 Å². The number of halogens is 2. The van der Waals surface area contributed by atoms with Crippen molar-refractivity contribution in [3.8, 4) is 11.5 Å². The van der Waals surface area contributed by atoms with Crippen LogP contribution in [0.15, 0.2) is 57.5 Å². The fraction of sp³-hybridized carbons (Fsp3) is 0.333. The minimum atomic E-state index is 0.522. The third-order valence-electron chi connectivity index (χ3n) is 2.99. The molecule has 0 atom stereocenters. The molecule has 0 heterocycles. The molecule has 0 spiro atoms. The highest BCUT2D eigenvalue weighted by Crippen LogP contribution is 2.16. The van der Waals surface area contributed by atoms with E-state index in [-0.39, 0.29) is 0 Å². The Morgan fingerprint density at radius 1 is 0.500 bits per heavy atom. The molecular weight excluding hydrogens is 440 g/mol. The van der Waals surface area contributed by atoms with Crippen LogP contribution in [0.4, 0.5) is 0 Å². The number of rotatable bonds is 11. The lowest BCUT2D eigenvalue weighted by Gasteiger charge is -2.09. The van der Waals surface area contributed by atoms with E-state index in [1.165, 1.54) is 0 Å². The first kappa shape index (κ1) is 19.2. The van der Waals surface area contributed by atoms with Crippen LogP contribution >= 0.6 is 31.9 Å². The fourth-order valence-corrected chi connectivity index (χ4v) is 2.35. The van der Waals surface area contributed by atoms with Crippen LogP contribution in [0, 0.1) is 0 Å². The van der Waals surface area contributed by atoms with Crippen LogP contribution in [0.5, 0.6) is 11.5 Å². The van der Waals surface area contributed by atoms with E-state index in [1.54, 1.807) is 0 Å². The second-order valence-corrected chi connectivity index (χ2v) is 6.66. The molecular formula is C18H20Br2O4. The van der Waals surface area contributed by atoms with Crippen molar-refractivity contribution in [1.82, 2.24) is 0 Å². The summed E-state index contributed by atoms with van der Waals surface area (Å²) in [5, 5.41) is 0. The number of ether oxygens (including phenoxy) is 4. The number of hydrogen-bond acceptors (Lipinski definition) is 4. The summed E-state index contributed by atoms with van der Waals surface area (Å²) in [6.45, 7) is 3.20. The first-order valence-electron chi connectivity index (χ1n) is 7.66. The molecule has 0 saturated heterocycles. The average Bonchev–Trinajstić information content (AvgIpc) is 2.60. The molecule has 0 amide bonds. The van der Waals surface area contributed by atoms with Crippen molar-refractivity contribution >= 4 is 31.9 Å². The van der Waals surface area contributed by atoms with Crippen LogP contribution in [0.1, 0.15) is 0 Å². The lowest BCUT2D eigenvalue weighted by Crippen LogP contribution is -2.13. The quantitative estimate of drug-likeness (QED) is 0.456. The molecule has 0 aliphatic carbocycles. The SMILES string of the molecule is Brc1ccc(OCCOCCOCCOc2ccc(Br)cc2)cc1. The minimum Gasteiger partial charge on any atom is -0.491 e. The maximum Gasteiger partial charge on any atom is 0.119 e. The summed E-state index contributed by atoms with van der Waals surface area (Å²) in [7, 11) is 0. The summed E-state index contributed by atoms with van der Waals surface area (Å²) in [5.74, 6) is 1.67. The molecule has 130 valence electrons. The van der Waals surface area contributed by atoms with Crippen LogP contribution in [0.3, 0.4) is 0 Å². The van der Waals surface area contributed by atoms with Crippen molar-refractivity contribution in [2.24, 2.45) is 0 Å². The highest BCUT2D eigenvalue weighted by molar-refractivity contribution is 9.10. The summed E-state index contributed by atoms with van der Waals surface area (Å²) >= 11 is 6.77. The van der Waals surface area contributed by atoms with Gasteiger partial charge in [0.2, 0.25) is 0 Å². The maximum atomic E-state index is 5.55. The van der Waals surface area contributed by atoms with Crippen molar-refractivity contribution in [2.75, 3.05) is 39.6 Å². The van der Waals surface area contributed by atoms with Gasteiger partial charge in [-0.1, -0.05) is 31.9 Å². The molecule has 0 aliphatic rings. The van der Waals surface area contributed by atoms with Crippen molar-refractivity contribution in [3.05, 3.63) is 57.5 Å². The molecule has 0 unspecified atom stereocenters. The first-order chi connectivity index (χ1) is 11.7. The standard InChI is InChI=1S/C18H20Br2O4/c19-15-1-5-17(6-2-15)23-13-11-21-9-10-22-12-14-24-18-7-3-16(20)4-8-18/h1-8H,9-14H2. The van der Waals surface area contributed by atoms with Crippen LogP contribution < -0.4 is 9.47 Å². The van der Waals surface area contributed by atoms with E-state index < -0.39 is 0 Å². The van der Waals surface area contributed by atoms with Gasteiger partial charge in [0.1, 0.15) is 24.7 Å². The molecule has 6 heteroatoms. The first-order valence-corrected chi connectivity index (χ1v) is 9.25. The zero-order chi connectivity index (χ0) is 17.0. The van der Waals surface area contributed by atoms with E-state index in [4.69, 9.17) is 18.9 Å². The van der Waals surface area contributed by atoms with Crippen molar-refractivity contribution in [1.29, 1.82) is 0 Å². The molecule has 2 aromatic rings. The lowest BCUT2D eigenvalue weighted by molar-refractivity contribution is 0.0273. The van der Waals surface area contributed by atoms with Gasteiger partial charge in [0.05, 0.1) is 26.4 Å². The smallest absolute Gasteiger partial charge is 0.119 e. The summed E-state index contributed by atoms with van der Waals surface area (Å²) < 4.78 is 24.1. The summed E-state index contributed by atoms with van der Waals surface area (Å²) in [6.07, 6.45) is 0. The molecule has 0 N–H and O–H groups in total. The van der Waals surface area contributed by atoms with Crippen LogP contribution in [-0.4, -0.2) is 39.6 Å². The van der Waals surface area contributed by atoms with Crippen LogP contribution in [0.2, 0.25) is 0 Å². The zero-order valence-corrected chi connectivity index (χ0v) is 16.4. The minimum absolute atomic E-state index is 0.522. The molecule has 24 heavy (non-hydrogen) atoms. The lowest BCUT2D eigenvalue weighted by atomic mass is 10.3. The molecule has 0 bridgehead atoms. The average molecular weight is 460 g/mol. The monoisotopic (exact) mass is 458 g/mol. The van der Waals surface area contributed by atoms with E-state index in [0.717, 1.165) is 20.4 Å². The predicted octanol–water partition coefficient (Wildman–Crippen LogP) is 4.70. The molecule has 0 saturated carbocycles. The summed E-state index contributed by atoms with van der Waals surface area (Å²) in [4.78, 5) is 0. The van der Waals surface area contributed by atoms with Gasteiger partial charge in [0.25, 0.3) is 0 Å². The molecule has 2 rings (SSSR count). The van der Waals surface area contributed by atoms with Gasteiger partial charge in [-0.15, -0.1) is 0 Å². The van der Waals surface area contributed by atoms with E-state index in [1.807, 2.05) is 48.5 Å². The Morgan fingerprint density at radius 3 is 1.21 bits per heavy atom. The third kappa shape index (κ3) is 8.15. The van der Waals surface area contributed by atoms with Gasteiger partial charge in [0, 0.05) is 8.95 Å². The topological polar surface area (TPSA) is 36.9 Å². The van der Waals surface area contributed by atoms with Gasteiger partial charge in [-0.05, 0) is 48.5 Å². The van der Waals surface area contributed by atoms with E-state index >= 15 is 0 Å². The Hall–Kier alpha value is -1.08. The highest BCUT2D eigenvalue weighted by atomic mass is 79.9. The van der Waals surface area contributed by atoms with Crippen LogP contribution in [0.25, 0.3) is 0 Å². The molecule has 0 fully saturated rings. The summed E-state index contributed by atoms with van der Waals surface area (Å²) in [5.41, 5.74) is 0. The van der Waals surface area contributed by atoms with Gasteiger partial charge in [0.15, 0.2) is 0 Å². The number of benzene rings is 2. The van der Waals surface area contributed by atoms with Gasteiger partial charge in [-0.25, -0.2) is 0 Å². The Balaban J connectivity index is 1.40. The second kappa shape index (κ2) is 11.5. The van der Waals surface area contributed by atoms with E-state index in [2.05, 4.69) is 31.9 Å². The molecule has 0 aromatic heterocycles. The Labute approximate surface area is 159 Å². The molecule has 2 aromatic carbocycles. The van der Waals surface area contributed by atoms with Crippen LogP contribution in [-0.2, 0) is 9.47 Å². The van der Waals surface area contributed by atoms with Crippen molar-refractivity contribution < 1.29 is 18.9 Å². The normalized spacial score (nSPS) is 10.6. The molecule has 0 aliphatic heterocycles. The molecule has 0 radical (unpaired) electrons. The van der Waals surface area contributed by atoms with Gasteiger partial charge in [-0.2, -0.15) is 0 Å². The van der Waals surface area contributed by atoms with Gasteiger partial charge >= 0.3 is 0 Å². The third-order valence-corrected chi connectivity index (χ3v) is 4.05. The Bertz CT molecular complexity index is 519. The molecule has 4 nitrogen and oxygen atoms in total. The Morgan fingerprint density at radius 2 is 0.833 bits per heavy atom. The largest absolute Gasteiger partial charge is 0.491 e. The van der Waals surface area contributed by atoms with Gasteiger partial charge in [-0.3, -0.25) is 0 Å². The zero-order valence-electron chi connectivity index (χ0n) is 13.3. The van der Waals surface area contributed by atoms with E-state index in [0.29, 0.717) is 39.6 Å². The summed E-state index contributed by atoms with van der Waals surface area (Å²) in [6, 6.07) is 15.4. The highest BCUT2D eigenvalue weighted by Gasteiger charge is 1.96. The van der Waals surface area contributed by atoms with Crippen molar-refractivity contribution in [2.45, 2.75) is 0 Å². The second-order valence-electron chi connectivity index (χ2n) is 4.83. The maximum absolute atomic E-state index is 5.55. The predicted molar refractivity (Wildman–Crippen MR) is 101 cm³/mol. The van der Waals surface area contributed by atoms with E-state index in [9.17, 15) is 0 Å². The Kier molecular flexibility index (Phi) is 9.20. The van der Waals surface area contributed by atoms with Gasteiger partial charge < -0.3 is 18.9 Å².